The number of rotatable bonds is 3. The summed E-state index contributed by atoms with van der Waals surface area (Å²) in [6.45, 7) is 4.05. The van der Waals surface area contributed by atoms with Crippen molar-refractivity contribution in [2.24, 2.45) is 0 Å². The molecule has 2 aromatic heterocycles. The maximum absolute atomic E-state index is 4.38. The van der Waals surface area contributed by atoms with Gasteiger partial charge in [-0.25, -0.2) is 0 Å². The van der Waals surface area contributed by atoms with Crippen molar-refractivity contribution in [3.05, 3.63) is 48.2 Å². The third-order valence-corrected chi connectivity index (χ3v) is 3.15. The van der Waals surface area contributed by atoms with Gasteiger partial charge in [-0.05, 0) is 32.0 Å². The fourth-order valence-corrected chi connectivity index (χ4v) is 2.19. The smallest absolute Gasteiger partial charge is 0.0835 e. The number of benzene rings is 1. The highest BCUT2D eigenvalue weighted by Crippen LogP contribution is 2.22. The number of hydrogen-bond acceptors (Lipinski definition) is 4. The largest absolute Gasteiger partial charge is 0.377 e. The molecule has 19 heavy (non-hydrogen) atoms. The molecule has 5 heteroatoms. The predicted molar refractivity (Wildman–Crippen MR) is 74.9 cm³/mol. The lowest BCUT2D eigenvalue weighted by Gasteiger charge is -2.16. The molecule has 96 valence electrons. The van der Waals surface area contributed by atoms with Crippen LogP contribution in [-0.2, 0) is 0 Å². The number of nitrogens with one attached hydrogen (secondary N) is 2. The van der Waals surface area contributed by atoms with Crippen LogP contribution >= 0.6 is 0 Å². The second-order valence-electron chi connectivity index (χ2n) is 4.57. The van der Waals surface area contributed by atoms with Crippen LogP contribution < -0.4 is 5.32 Å². The summed E-state index contributed by atoms with van der Waals surface area (Å²) in [6, 6.07) is 6.23. The molecule has 0 aliphatic heterocycles. The van der Waals surface area contributed by atoms with E-state index in [1.54, 1.807) is 12.4 Å². The first kappa shape index (κ1) is 11.6. The van der Waals surface area contributed by atoms with E-state index in [1.807, 2.05) is 31.3 Å². The molecule has 2 heterocycles. The summed E-state index contributed by atoms with van der Waals surface area (Å²) in [5.41, 5.74) is 3.97. The maximum atomic E-state index is 4.38. The summed E-state index contributed by atoms with van der Waals surface area (Å²) < 4.78 is 0. The van der Waals surface area contributed by atoms with Crippen molar-refractivity contribution in [1.82, 2.24) is 20.2 Å². The molecule has 0 saturated carbocycles. The normalized spacial score (nSPS) is 12.5. The average molecular weight is 253 g/mol. The van der Waals surface area contributed by atoms with Crippen molar-refractivity contribution in [2.45, 2.75) is 19.9 Å². The lowest BCUT2D eigenvalue weighted by Crippen LogP contribution is -2.10. The molecular formula is C14H15N5. The van der Waals surface area contributed by atoms with Crippen molar-refractivity contribution in [2.75, 3.05) is 5.32 Å². The third kappa shape index (κ3) is 2.27. The Balaban J connectivity index is 1.86. The molecule has 1 unspecified atom stereocenters. The molecule has 5 nitrogen and oxygen atoms in total. The second kappa shape index (κ2) is 4.68. The minimum absolute atomic E-state index is 0.106. The van der Waals surface area contributed by atoms with Crippen LogP contribution in [0.4, 0.5) is 5.69 Å². The van der Waals surface area contributed by atoms with Gasteiger partial charge in [0.1, 0.15) is 0 Å². The number of aromatic amines is 1. The van der Waals surface area contributed by atoms with E-state index >= 15 is 0 Å². The summed E-state index contributed by atoms with van der Waals surface area (Å²) >= 11 is 0. The Bertz CT molecular complexity index is 704. The van der Waals surface area contributed by atoms with Crippen LogP contribution in [0.3, 0.4) is 0 Å². The highest BCUT2D eigenvalue weighted by Gasteiger charge is 2.10. The quantitative estimate of drug-likeness (QED) is 0.753. The van der Waals surface area contributed by atoms with Crippen LogP contribution in [0.5, 0.6) is 0 Å². The summed E-state index contributed by atoms with van der Waals surface area (Å²) in [4.78, 5) is 8.65. The zero-order chi connectivity index (χ0) is 13.2. The zero-order valence-corrected chi connectivity index (χ0v) is 10.9. The van der Waals surface area contributed by atoms with Crippen LogP contribution in [0.2, 0.25) is 0 Å². The van der Waals surface area contributed by atoms with E-state index in [1.165, 1.54) is 0 Å². The molecule has 2 N–H and O–H groups in total. The van der Waals surface area contributed by atoms with E-state index in [0.29, 0.717) is 0 Å². The highest BCUT2D eigenvalue weighted by atomic mass is 15.1. The number of aromatic nitrogens is 4. The van der Waals surface area contributed by atoms with Crippen LogP contribution in [0.1, 0.15) is 24.4 Å². The zero-order valence-electron chi connectivity index (χ0n) is 10.9. The Morgan fingerprint density at radius 3 is 2.89 bits per heavy atom. The average Bonchev–Trinajstić information content (AvgIpc) is 2.86. The Hall–Kier alpha value is -2.43. The van der Waals surface area contributed by atoms with Gasteiger partial charge >= 0.3 is 0 Å². The number of H-pyrrole nitrogens is 1. The molecule has 3 aromatic rings. The lowest BCUT2D eigenvalue weighted by molar-refractivity contribution is 0.810. The van der Waals surface area contributed by atoms with Crippen LogP contribution in [0.25, 0.3) is 10.9 Å². The van der Waals surface area contributed by atoms with Crippen molar-refractivity contribution < 1.29 is 0 Å². The molecule has 0 radical (unpaired) electrons. The summed E-state index contributed by atoms with van der Waals surface area (Å²) in [6.07, 6.45) is 5.25. The van der Waals surface area contributed by atoms with E-state index in [4.69, 9.17) is 0 Å². The monoisotopic (exact) mass is 253 g/mol. The SMILES string of the molecule is Cc1nccnc1C(C)Nc1ccc2cn[nH]c2c1. The van der Waals surface area contributed by atoms with E-state index < -0.39 is 0 Å². The van der Waals surface area contributed by atoms with Gasteiger partial charge in [0.25, 0.3) is 0 Å². The van der Waals surface area contributed by atoms with Crippen LogP contribution in [-0.4, -0.2) is 20.2 Å². The topological polar surface area (TPSA) is 66.5 Å². The molecular weight excluding hydrogens is 238 g/mol. The molecule has 0 saturated heterocycles. The van der Waals surface area contributed by atoms with Crippen molar-refractivity contribution in [3.63, 3.8) is 0 Å². The van der Waals surface area contributed by atoms with E-state index in [0.717, 1.165) is 28.0 Å². The van der Waals surface area contributed by atoms with Gasteiger partial charge in [0, 0.05) is 23.5 Å². The fraction of sp³-hybridized carbons (Fsp3) is 0.214. The van der Waals surface area contributed by atoms with Crippen molar-refractivity contribution in [1.29, 1.82) is 0 Å². The van der Waals surface area contributed by atoms with Gasteiger partial charge in [0.15, 0.2) is 0 Å². The molecule has 1 aromatic carbocycles. The first-order valence-electron chi connectivity index (χ1n) is 6.21. The van der Waals surface area contributed by atoms with Gasteiger partial charge in [-0.2, -0.15) is 5.10 Å². The molecule has 3 rings (SSSR count). The molecule has 0 fully saturated rings. The number of nitrogens with zero attached hydrogens (tertiary/aromatic N) is 3. The number of aryl methyl sites for hydroxylation is 1. The number of anilines is 1. The molecule has 0 aliphatic carbocycles. The minimum Gasteiger partial charge on any atom is -0.377 e. The Labute approximate surface area is 111 Å². The fourth-order valence-electron chi connectivity index (χ4n) is 2.19. The van der Waals surface area contributed by atoms with Gasteiger partial charge in [-0.3, -0.25) is 15.1 Å². The van der Waals surface area contributed by atoms with Gasteiger partial charge in [0.05, 0.1) is 29.1 Å². The van der Waals surface area contributed by atoms with Gasteiger partial charge in [0.2, 0.25) is 0 Å². The van der Waals surface area contributed by atoms with Crippen LogP contribution in [0, 0.1) is 6.92 Å². The lowest BCUT2D eigenvalue weighted by atomic mass is 10.1. The predicted octanol–water partition coefficient (Wildman–Crippen LogP) is 2.83. The van der Waals surface area contributed by atoms with E-state index in [2.05, 4.69) is 32.4 Å². The Kier molecular flexibility index (Phi) is 2.87. The van der Waals surface area contributed by atoms with Crippen molar-refractivity contribution in [3.8, 4) is 0 Å². The van der Waals surface area contributed by atoms with Gasteiger partial charge in [-0.15, -0.1) is 0 Å². The van der Waals surface area contributed by atoms with Crippen LogP contribution in [0.15, 0.2) is 36.8 Å². The second-order valence-corrected chi connectivity index (χ2v) is 4.57. The van der Waals surface area contributed by atoms with Gasteiger partial charge < -0.3 is 5.32 Å². The summed E-state index contributed by atoms with van der Waals surface area (Å²) in [5, 5.41) is 11.5. The Morgan fingerprint density at radius 2 is 2.05 bits per heavy atom. The number of fused-ring (bicyclic) bond motifs is 1. The molecule has 1 atom stereocenters. The van der Waals surface area contributed by atoms with E-state index in [-0.39, 0.29) is 6.04 Å². The summed E-state index contributed by atoms with van der Waals surface area (Å²) in [5.74, 6) is 0. The van der Waals surface area contributed by atoms with Crippen molar-refractivity contribution >= 4 is 16.6 Å². The third-order valence-electron chi connectivity index (χ3n) is 3.15. The van der Waals surface area contributed by atoms with E-state index in [9.17, 15) is 0 Å². The summed E-state index contributed by atoms with van der Waals surface area (Å²) in [7, 11) is 0. The standard InChI is InChI=1S/C14H15N5/c1-9-14(16-6-5-15-9)10(2)18-12-4-3-11-8-17-19-13(11)7-12/h3-8,10,18H,1-2H3,(H,17,19). The molecule has 0 spiro atoms. The first-order chi connectivity index (χ1) is 9.24. The molecule has 0 bridgehead atoms. The minimum atomic E-state index is 0.106. The first-order valence-corrected chi connectivity index (χ1v) is 6.21. The number of hydrogen-bond donors (Lipinski definition) is 2. The molecule has 0 amide bonds. The highest BCUT2D eigenvalue weighted by molar-refractivity contribution is 5.81. The van der Waals surface area contributed by atoms with Gasteiger partial charge in [-0.1, -0.05) is 0 Å². The maximum Gasteiger partial charge on any atom is 0.0835 e. The Morgan fingerprint density at radius 1 is 1.21 bits per heavy atom. The molecule has 0 aliphatic rings.